The van der Waals surface area contributed by atoms with E-state index in [4.69, 9.17) is 0 Å². The first-order chi connectivity index (χ1) is 8.13. The Labute approximate surface area is 104 Å². The van der Waals surface area contributed by atoms with E-state index in [1.54, 1.807) is 6.92 Å². The maximum Gasteiger partial charge on any atom is 0.131 e. The first-order valence-electron chi connectivity index (χ1n) is 6.06. The third kappa shape index (κ3) is 4.96. The summed E-state index contributed by atoms with van der Waals surface area (Å²) in [6, 6.07) is 10.6. The summed E-state index contributed by atoms with van der Waals surface area (Å²) in [7, 11) is 0. The van der Waals surface area contributed by atoms with Gasteiger partial charge in [0.1, 0.15) is 5.78 Å². The van der Waals surface area contributed by atoms with Crippen molar-refractivity contribution in [3.8, 4) is 0 Å². The Kier molecular flexibility index (Phi) is 5.64. The molecule has 0 aromatic heterocycles. The average Bonchev–Trinajstić information content (AvgIpc) is 2.29. The molecule has 1 N–H and O–H groups in total. The molecule has 0 aliphatic heterocycles. The standard InChI is InChI=1S/C15H21NO/c1-4-8-15(11-12(2)17)16-13(3)14-9-6-5-7-10-14/h4-10,13,15-16H,11H2,1-3H3/b8-4+/t13-,15?/m0/s1. The molecule has 0 radical (unpaired) electrons. The number of ketones is 1. The van der Waals surface area contributed by atoms with Gasteiger partial charge in [-0.25, -0.2) is 0 Å². The number of allylic oxidation sites excluding steroid dienone is 1. The smallest absolute Gasteiger partial charge is 0.131 e. The Morgan fingerprint density at radius 3 is 2.53 bits per heavy atom. The SMILES string of the molecule is C/C=C/C(CC(C)=O)N[C@@H](C)c1ccccc1. The lowest BCUT2D eigenvalue weighted by Crippen LogP contribution is -2.31. The Morgan fingerprint density at radius 2 is 2.00 bits per heavy atom. The average molecular weight is 231 g/mol. The van der Waals surface area contributed by atoms with Crippen molar-refractivity contribution in [2.45, 2.75) is 39.3 Å². The summed E-state index contributed by atoms with van der Waals surface area (Å²) < 4.78 is 0. The Hall–Kier alpha value is -1.41. The minimum absolute atomic E-state index is 0.118. The molecule has 17 heavy (non-hydrogen) atoms. The molecule has 2 atom stereocenters. The monoisotopic (exact) mass is 231 g/mol. The van der Waals surface area contributed by atoms with Crippen molar-refractivity contribution >= 4 is 5.78 Å². The highest BCUT2D eigenvalue weighted by molar-refractivity contribution is 5.76. The summed E-state index contributed by atoms with van der Waals surface area (Å²) >= 11 is 0. The Balaban J connectivity index is 2.64. The molecule has 1 unspecified atom stereocenters. The third-order valence-electron chi connectivity index (χ3n) is 2.70. The van der Waals surface area contributed by atoms with Gasteiger partial charge in [-0.2, -0.15) is 0 Å². The molecule has 1 aromatic carbocycles. The molecule has 0 aliphatic rings. The highest BCUT2D eigenvalue weighted by Crippen LogP contribution is 2.13. The van der Waals surface area contributed by atoms with Crippen LogP contribution < -0.4 is 5.32 Å². The van der Waals surface area contributed by atoms with E-state index in [-0.39, 0.29) is 17.9 Å². The van der Waals surface area contributed by atoms with E-state index >= 15 is 0 Å². The van der Waals surface area contributed by atoms with Gasteiger partial charge in [0.25, 0.3) is 0 Å². The lowest BCUT2D eigenvalue weighted by molar-refractivity contribution is -0.117. The number of hydrogen-bond acceptors (Lipinski definition) is 2. The van der Waals surface area contributed by atoms with Crippen LogP contribution in [0, 0.1) is 0 Å². The number of hydrogen-bond donors (Lipinski definition) is 1. The fraction of sp³-hybridized carbons (Fsp3) is 0.400. The predicted molar refractivity (Wildman–Crippen MR) is 71.9 cm³/mol. The van der Waals surface area contributed by atoms with E-state index in [0.29, 0.717) is 6.42 Å². The zero-order valence-corrected chi connectivity index (χ0v) is 10.8. The molecule has 2 nitrogen and oxygen atoms in total. The van der Waals surface area contributed by atoms with E-state index in [9.17, 15) is 4.79 Å². The van der Waals surface area contributed by atoms with Gasteiger partial charge in [0.2, 0.25) is 0 Å². The van der Waals surface area contributed by atoms with E-state index in [0.717, 1.165) is 0 Å². The molecule has 0 fully saturated rings. The van der Waals surface area contributed by atoms with Crippen LogP contribution in [0.25, 0.3) is 0 Å². The first-order valence-corrected chi connectivity index (χ1v) is 6.06. The fourth-order valence-corrected chi connectivity index (χ4v) is 1.88. The normalized spacial score (nSPS) is 14.8. The maximum atomic E-state index is 11.2. The van der Waals surface area contributed by atoms with Gasteiger partial charge in [0.05, 0.1) is 0 Å². The van der Waals surface area contributed by atoms with Gasteiger partial charge >= 0.3 is 0 Å². The Bertz CT molecular complexity index is 370. The van der Waals surface area contributed by atoms with Crippen molar-refractivity contribution in [2.75, 3.05) is 0 Å². The van der Waals surface area contributed by atoms with E-state index in [1.807, 2.05) is 37.3 Å². The molecule has 1 rings (SSSR count). The molecular weight excluding hydrogens is 210 g/mol. The zero-order chi connectivity index (χ0) is 12.7. The second-order valence-electron chi connectivity index (χ2n) is 4.34. The van der Waals surface area contributed by atoms with Gasteiger partial charge in [0, 0.05) is 18.5 Å². The van der Waals surface area contributed by atoms with Crippen molar-refractivity contribution in [1.82, 2.24) is 5.32 Å². The van der Waals surface area contributed by atoms with Crippen molar-refractivity contribution in [1.29, 1.82) is 0 Å². The molecule has 1 aromatic rings. The molecule has 0 spiro atoms. The summed E-state index contributed by atoms with van der Waals surface area (Å²) in [5, 5.41) is 3.46. The van der Waals surface area contributed by atoms with Crippen LogP contribution in [-0.4, -0.2) is 11.8 Å². The van der Waals surface area contributed by atoms with Crippen LogP contribution in [0.15, 0.2) is 42.5 Å². The van der Waals surface area contributed by atoms with Crippen molar-refractivity contribution in [3.05, 3.63) is 48.0 Å². The maximum absolute atomic E-state index is 11.2. The summed E-state index contributed by atoms with van der Waals surface area (Å²) in [6.45, 7) is 5.72. The van der Waals surface area contributed by atoms with Gasteiger partial charge in [-0.3, -0.25) is 4.79 Å². The van der Waals surface area contributed by atoms with Gasteiger partial charge in [-0.1, -0.05) is 42.5 Å². The molecule has 0 bridgehead atoms. The predicted octanol–water partition coefficient (Wildman–Crippen LogP) is 3.26. The lowest BCUT2D eigenvalue weighted by atomic mass is 10.1. The molecule has 2 heteroatoms. The topological polar surface area (TPSA) is 29.1 Å². The third-order valence-corrected chi connectivity index (χ3v) is 2.70. The highest BCUT2D eigenvalue weighted by atomic mass is 16.1. The van der Waals surface area contributed by atoms with Gasteiger partial charge < -0.3 is 5.32 Å². The molecule has 0 aliphatic carbocycles. The van der Waals surface area contributed by atoms with Gasteiger partial charge in [-0.05, 0) is 26.3 Å². The van der Waals surface area contributed by atoms with Crippen LogP contribution in [0.4, 0.5) is 0 Å². The largest absolute Gasteiger partial charge is 0.304 e. The highest BCUT2D eigenvalue weighted by Gasteiger charge is 2.12. The summed E-state index contributed by atoms with van der Waals surface area (Å²) in [5.41, 5.74) is 1.24. The molecule has 0 saturated carbocycles. The van der Waals surface area contributed by atoms with Crippen LogP contribution in [0.3, 0.4) is 0 Å². The summed E-state index contributed by atoms with van der Waals surface area (Å²) in [4.78, 5) is 11.2. The van der Waals surface area contributed by atoms with Crippen LogP contribution in [0.2, 0.25) is 0 Å². The van der Waals surface area contributed by atoms with E-state index in [2.05, 4.69) is 24.4 Å². The van der Waals surface area contributed by atoms with Crippen molar-refractivity contribution < 1.29 is 4.79 Å². The number of nitrogens with one attached hydrogen (secondary N) is 1. The molecule has 0 amide bonds. The summed E-state index contributed by atoms with van der Waals surface area (Å²) in [6.07, 6.45) is 4.57. The number of benzene rings is 1. The number of rotatable bonds is 6. The number of carbonyl (C=O) groups excluding carboxylic acids is 1. The van der Waals surface area contributed by atoms with E-state index in [1.165, 1.54) is 5.56 Å². The van der Waals surface area contributed by atoms with Crippen LogP contribution >= 0.6 is 0 Å². The molecule has 92 valence electrons. The number of Topliss-reactive ketones (excluding diaryl/α,β-unsaturated/α-hetero) is 1. The lowest BCUT2D eigenvalue weighted by Gasteiger charge is -2.20. The molecule has 0 heterocycles. The molecule has 0 saturated heterocycles. The van der Waals surface area contributed by atoms with Crippen LogP contribution in [0.1, 0.15) is 38.8 Å². The van der Waals surface area contributed by atoms with Crippen molar-refractivity contribution in [3.63, 3.8) is 0 Å². The molecular formula is C15H21NO. The Morgan fingerprint density at radius 1 is 1.35 bits per heavy atom. The minimum atomic E-state index is 0.118. The van der Waals surface area contributed by atoms with Gasteiger partial charge in [0.15, 0.2) is 0 Å². The quantitative estimate of drug-likeness (QED) is 0.761. The summed E-state index contributed by atoms with van der Waals surface area (Å²) in [5.74, 6) is 0.209. The van der Waals surface area contributed by atoms with Gasteiger partial charge in [-0.15, -0.1) is 0 Å². The van der Waals surface area contributed by atoms with Crippen molar-refractivity contribution in [2.24, 2.45) is 0 Å². The fourth-order valence-electron chi connectivity index (χ4n) is 1.88. The number of carbonyl (C=O) groups is 1. The van der Waals surface area contributed by atoms with E-state index < -0.39 is 0 Å². The van der Waals surface area contributed by atoms with Crippen LogP contribution in [0.5, 0.6) is 0 Å². The zero-order valence-electron chi connectivity index (χ0n) is 10.8. The first kappa shape index (κ1) is 13.7. The second-order valence-corrected chi connectivity index (χ2v) is 4.34. The van der Waals surface area contributed by atoms with Crippen LogP contribution in [-0.2, 0) is 4.79 Å². The minimum Gasteiger partial charge on any atom is -0.304 e. The second kappa shape index (κ2) is 7.02.